The molecule has 0 spiro atoms. The highest BCUT2D eigenvalue weighted by Crippen LogP contribution is 2.44. The van der Waals surface area contributed by atoms with Crippen LogP contribution in [0.15, 0.2) is 31.6 Å². The number of hydrogen-bond acceptors (Lipinski definition) is 3. The number of amides is 1. The van der Waals surface area contributed by atoms with Crippen LogP contribution in [0.1, 0.15) is 16.7 Å². The molecule has 0 radical (unpaired) electrons. The van der Waals surface area contributed by atoms with Crippen molar-refractivity contribution in [2.45, 2.75) is 6.92 Å². The SMILES string of the molecule is COc1cc(Br)cc(C=C2C(=O)Nc3c(Br)cc(Br)c(C)c32)c1O. The van der Waals surface area contributed by atoms with Crippen molar-refractivity contribution in [3.63, 3.8) is 0 Å². The molecule has 0 unspecified atom stereocenters. The molecule has 0 aliphatic carbocycles. The van der Waals surface area contributed by atoms with Crippen LogP contribution in [0.5, 0.6) is 11.5 Å². The summed E-state index contributed by atoms with van der Waals surface area (Å²) >= 11 is 10.4. The molecule has 2 N–H and O–H groups in total. The Hall–Kier alpha value is -1.31. The molecule has 24 heavy (non-hydrogen) atoms. The molecule has 0 fully saturated rings. The third kappa shape index (κ3) is 2.89. The van der Waals surface area contributed by atoms with Gasteiger partial charge in [-0.05, 0) is 52.7 Å². The number of rotatable bonds is 2. The first-order valence-electron chi connectivity index (χ1n) is 6.92. The second kappa shape index (κ2) is 6.54. The molecule has 2 aromatic rings. The van der Waals surface area contributed by atoms with Gasteiger partial charge in [0, 0.05) is 24.5 Å². The van der Waals surface area contributed by atoms with Crippen molar-refractivity contribution in [3.8, 4) is 11.5 Å². The first kappa shape index (κ1) is 17.5. The highest BCUT2D eigenvalue weighted by molar-refractivity contribution is 9.11. The number of hydrogen-bond donors (Lipinski definition) is 2. The van der Waals surface area contributed by atoms with Crippen LogP contribution >= 0.6 is 47.8 Å². The number of carbonyl (C=O) groups excluding carboxylic acids is 1. The standard InChI is InChI=1S/C17H12Br3NO3/c1-7-11(19)6-12(20)15-14(7)10(17(23)21-15)4-8-3-9(18)5-13(24-2)16(8)22/h3-6,22H,1-2H3,(H,21,23). The summed E-state index contributed by atoms with van der Waals surface area (Å²) in [6.45, 7) is 1.94. The Bertz CT molecular complexity index is 907. The lowest BCUT2D eigenvalue weighted by Gasteiger charge is -2.10. The second-order valence-electron chi connectivity index (χ2n) is 5.27. The van der Waals surface area contributed by atoms with Crippen LogP contribution in [0.4, 0.5) is 5.69 Å². The molecule has 1 amide bonds. The number of nitrogens with one attached hydrogen (secondary N) is 1. The van der Waals surface area contributed by atoms with Gasteiger partial charge in [-0.15, -0.1) is 0 Å². The quantitative estimate of drug-likeness (QED) is 0.518. The smallest absolute Gasteiger partial charge is 0.256 e. The molecule has 4 nitrogen and oxygen atoms in total. The molecule has 0 atom stereocenters. The van der Waals surface area contributed by atoms with Gasteiger partial charge in [-0.1, -0.05) is 31.9 Å². The van der Waals surface area contributed by atoms with Crippen LogP contribution in [0.25, 0.3) is 11.6 Å². The number of halogens is 3. The fraction of sp³-hybridized carbons (Fsp3) is 0.118. The third-order valence-electron chi connectivity index (χ3n) is 3.82. The van der Waals surface area contributed by atoms with E-state index in [2.05, 4.69) is 53.1 Å². The van der Waals surface area contributed by atoms with Crippen molar-refractivity contribution in [2.75, 3.05) is 12.4 Å². The van der Waals surface area contributed by atoms with Gasteiger partial charge in [0.15, 0.2) is 11.5 Å². The molecule has 0 saturated heterocycles. The predicted molar refractivity (Wildman–Crippen MR) is 105 cm³/mol. The van der Waals surface area contributed by atoms with Crippen LogP contribution < -0.4 is 10.1 Å². The molecule has 0 aromatic heterocycles. The van der Waals surface area contributed by atoms with Crippen molar-refractivity contribution < 1.29 is 14.6 Å². The molecule has 1 aliphatic heterocycles. The van der Waals surface area contributed by atoms with E-state index in [1.165, 1.54) is 7.11 Å². The summed E-state index contributed by atoms with van der Waals surface area (Å²) in [5.41, 5.74) is 3.46. The van der Waals surface area contributed by atoms with Crippen LogP contribution in [0, 0.1) is 6.92 Å². The van der Waals surface area contributed by atoms with E-state index in [9.17, 15) is 9.90 Å². The topological polar surface area (TPSA) is 58.6 Å². The maximum Gasteiger partial charge on any atom is 0.256 e. The van der Waals surface area contributed by atoms with E-state index in [1.54, 1.807) is 18.2 Å². The van der Waals surface area contributed by atoms with Gasteiger partial charge in [-0.2, -0.15) is 0 Å². The summed E-state index contributed by atoms with van der Waals surface area (Å²) in [4.78, 5) is 12.5. The van der Waals surface area contributed by atoms with E-state index >= 15 is 0 Å². The molecule has 7 heteroatoms. The van der Waals surface area contributed by atoms with E-state index < -0.39 is 0 Å². The number of phenolic OH excluding ortho intramolecular Hbond substituents is 1. The molecular weight excluding hydrogens is 506 g/mol. The van der Waals surface area contributed by atoms with Crippen molar-refractivity contribution in [3.05, 3.63) is 48.3 Å². The summed E-state index contributed by atoms with van der Waals surface area (Å²) in [5.74, 6) is 0.105. The Morgan fingerprint density at radius 2 is 1.88 bits per heavy atom. The number of aromatic hydroxyl groups is 1. The van der Waals surface area contributed by atoms with Crippen molar-refractivity contribution in [1.82, 2.24) is 0 Å². The normalized spacial score (nSPS) is 14.7. The number of carbonyl (C=O) groups is 1. The zero-order valence-electron chi connectivity index (χ0n) is 12.7. The highest BCUT2D eigenvalue weighted by Gasteiger charge is 2.29. The fourth-order valence-corrected chi connectivity index (χ4v) is 4.34. The second-order valence-corrected chi connectivity index (χ2v) is 7.90. The van der Waals surface area contributed by atoms with Gasteiger partial charge < -0.3 is 15.2 Å². The summed E-state index contributed by atoms with van der Waals surface area (Å²) in [6.07, 6.45) is 1.66. The van der Waals surface area contributed by atoms with E-state index in [0.717, 1.165) is 30.2 Å². The first-order valence-corrected chi connectivity index (χ1v) is 9.30. The van der Waals surface area contributed by atoms with Crippen molar-refractivity contribution >= 4 is 71.0 Å². The zero-order valence-corrected chi connectivity index (χ0v) is 17.5. The summed E-state index contributed by atoms with van der Waals surface area (Å²) in [7, 11) is 1.48. The number of anilines is 1. The van der Waals surface area contributed by atoms with Gasteiger partial charge in [-0.25, -0.2) is 0 Å². The van der Waals surface area contributed by atoms with Crippen LogP contribution in [0.3, 0.4) is 0 Å². The summed E-state index contributed by atoms with van der Waals surface area (Å²) < 4.78 is 7.60. The Morgan fingerprint density at radius 1 is 1.17 bits per heavy atom. The minimum Gasteiger partial charge on any atom is -0.504 e. The van der Waals surface area contributed by atoms with Gasteiger partial charge in [0.1, 0.15) is 0 Å². The summed E-state index contributed by atoms with van der Waals surface area (Å²) in [5, 5.41) is 13.2. The monoisotopic (exact) mass is 515 g/mol. The number of phenols is 1. The minimum absolute atomic E-state index is 0.0128. The van der Waals surface area contributed by atoms with Crippen LogP contribution in [-0.4, -0.2) is 18.1 Å². The minimum atomic E-state index is -0.217. The van der Waals surface area contributed by atoms with Gasteiger partial charge in [0.05, 0.1) is 18.4 Å². The molecule has 0 saturated carbocycles. The average molecular weight is 518 g/mol. The maximum atomic E-state index is 12.5. The molecule has 2 aromatic carbocycles. The van der Waals surface area contributed by atoms with Crippen LogP contribution in [0.2, 0.25) is 0 Å². The first-order chi connectivity index (χ1) is 11.3. The van der Waals surface area contributed by atoms with Gasteiger partial charge >= 0.3 is 0 Å². The number of fused-ring (bicyclic) bond motifs is 1. The molecule has 124 valence electrons. The maximum absolute atomic E-state index is 12.5. The Labute approximate surface area is 164 Å². The lowest BCUT2D eigenvalue weighted by Crippen LogP contribution is -2.04. The summed E-state index contributed by atoms with van der Waals surface area (Å²) in [6, 6.07) is 5.30. The predicted octanol–water partition coefficient (Wildman–Crippen LogP) is 5.49. The van der Waals surface area contributed by atoms with E-state index in [1.807, 2.05) is 13.0 Å². The molecule has 3 rings (SSSR count). The molecule has 0 bridgehead atoms. The lowest BCUT2D eigenvalue weighted by molar-refractivity contribution is -0.110. The number of ether oxygens (including phenoxy) is 1. The van der Waals surface area contributed by atoms with Gasteiger partial charge in [0.25, 0.3) is 5.91 Å². The van der Waals surface area contributed by atoms with E-state index in [0.29, 0.717) is 16.9 Å². The van der Waals surface area contributed by atoms with Crippen LogP contribution in [-0.2, 0) is 4.79 Å². The Kier molecular flexibility index (Phi) is 4.77. The van der Waals surface area contributed by atoms with E-state index in [-0.39, 0.29) is 11.7 Å². The largest absolute Gasteiger partial charge is 0.504 e. The third-order valence-corrected chi connectivity index (χ3v) is 5.72. The van der Waals surface area contributed by atoms with Crippen molar-refractivity contribution in [2.24, 2.45) is 0 Å². The fourth-order valence-electron chi connectivity index (χ4n) is 2.62. The lowest BCUT2D eigenvalue weighted by atomic mass is 9.99. The highest BCUT2D eigenvalue weighted by atomic mass is 79.9. The van der Waals surface area contributed by atoms with E-state index in [4.69, 9.17) is 4.74 Å². The number of benzene rings is 2. The Morgan fingerprint density at radius 3 is 2.54 bits per heavy atom. The zero-order chi connectivity index (χ0) is 17.6. The van der Waals surface area contributed by atoms with Crippen molar-refractivity contribution in [1.29, 1.82) is 0 Å². The Balaban J connectivity index is 2.25. The average Bonchev–Trinajstić information content (AvgIpc) is 2.86. The molecule has 1 aliphatic rings. The van der Waals surface area contributed by atoms with Gasteiger partial charge in [0.2, 0.25) is 0 Å². The molecule has 1 heterocycles. The number of methoxy groups -OCH3 is 1. The van der Waals surface area contributed by atoms with Gasteiger partial charge in [-0.3, -0.25) is 4.79 Å². The molecular formula is C17H12Br3NO3.